The molecule has 0 unspecified atom stereocenters. The smallest absolute Gasteiger partial charge is 0.264 e. The fourth-order valence-corrected chi connectivity index (χ4v) is 6.53. The lowest BCUT2D eigenvalue weighted by atomic mass is 10.2. The van der Waals surface area contributed by atoms with Gasteiger partial charge in [0, 0.05) is 19.6 Å². The monoisotopic (exact) mass is 456 g/mol. The zero-order chi connectivity index (χ0) is 22.2. The zero-order valence-electron chi connectivity index (χ0n) is 17.4. The number of hydrogen-bond donors (Lipinski definition) is 0. The summed E-state index contributed by atoms with van der Waals surface area (Å²) in [4.78, 5) is 0.383. The highest BCUT2D eigenvalue weighted by atomic mass is 32.2. The molecule has 6 nitrogen and oxygen atoms in total. The van der Waals surface area contributed by atoms with Crippen molar-refractivity contribution in [3.05, 3.63) is 89.5 Å². The van der Waals surface area contributed by atoms with Crippen molar-refractivity contribution < 1.29 is 16.8 Å². The molecule has 0 atom stereocenters. The zero-order valence-corrected chi connectivity index (χ0v) is 19.0. The maximum absolute atomic E-state index is 13.4. The van der Waals surface area contributed by atoms with Crippen LogP contribution in [-0.4, -0.2) is 34.2 Å². The molecule has 3 aromatic carbocycles. The van der Waals surface area contributed by atoms with E-state index in [-0.39, 0.29) is 29.4 Å². The Hall–Kier alpha value is -2.68. The minimum Gasteiger partial charge on any atom is -0.265 e. The predicted octanol–water partition coefficient (Wildman–Crippen LogP) is 3.70. The predicted molar refractivity (Wildman–Crippen MR) is 121 cm³/mol. The van der Waals surface area contributed by atoms with Crippen LogP contribution in [0.4, 0.5) is 5.69 Å². The molecule has 0 amide bonds. The number of fused-ring (bicyclic) bond motifs is 1. The summed E-state index contributed by atoms with van der Waals surface area (Å²) in [6.07, 6.45) is 0. The van der Waals surface area contributed by atoms with E-state index in [0.29, 0.717) is 11.3 Å². The number of anilines is 1. The van der Waals surface area contributed by atoms with E-state index in [4.69, 9.17) is 0 Å². The van der Waals surface area contributed by atoms with Crippen LogP contribution < -0.4 is 4.31 Å². The van der Waals surface area contributed by atoms with Gasteiger partial charge in [0.05, 0.1) is 15.5 Å². The number of hydrogen-bond acceptors (Lipinski definition) is 4. The Kier molecular flexibility index (Phi) is 5.63. The third-order valence-corrected chi connectivity index (χ3v) is 9.11. The highest BCUT2D eigenvalue weighted by Gasteiger charge is 2.34. The average molecular weight is 457 g/mol. The molecule has 8 heteroatoms. The van der Waals surface area contributed by atoms with Gasteiger partial charge in [0.25, 0.3) is 10.0 Å². The van der Waals surface area contributed by atoms with Crippen LogP contribution in [0.1, 0.15) is 16.7 Å². The van der Waals surface area contributed by atoms with Gasteiger partial charge >= 0.3 is 0 Å². The highest BCUT2D eigenvalue weighted by molar-refractivity contribution is 7.92. The van der Waals surface area contributed by atoms with Crippen molar-refractivity contribution in [1.29, 1.82) is 0 Å². The van der Waals surface area contributed by atoms with Crippen LogP contribution in [0.5, 0.6) is 0 Å². The lowest BCUT2D eigenvalue weighted by molar-refractivity contribution is 0.421. The number of sulfonamides is 2. The summed E-state index contributed by atoms with van der Waals surface area (Å²) in [5.74, 6) is 0. The maximum atomic E-state index is 13.4. The van der Waals surface area contributed by atoms with Gasteiger partial charge in [0.2, 0.25) is 10.0 Å². The van der Waals surface area contributed by atoms with E-state index in [1.54, 1.807) is 72.8 Å². The third-order valence-electron chi connectivity index (χ3n) is 5.43. The normalized spacial score (nSPS) is 15.4. The van der Waals surface area contributed by atoms with Crippen molar-refractivity contribution in [1.82, 2.24) is 4.31 Å². The molecule has 31 heavy (non-hydrogen) atoms. The van der Waals surface area contributed by atoms with Gasteiger partial charge in [0.1, 0.15) is 0 Å². The molecule has 1 heterocycles. The van der Waals surface area contributed by atoms with Crippen LogP contribution in [0.15, 0.2) is 82.6 Å². The van der Waals surface area contributed by atoms with Crippen LogP contribution >= 0.6 is 0 Å². The molecule has 0 bridgehead atoms. The molecule has 0 radical (unpaired) electrons. The molecule has 0 spiro atoms. The Morgan fingerprint density at radius 1 is 0.645 bits per heavy atom. The summed E-state index contributed by atoms with van der Waals surface area (Å²) in [5, 5.41) is 0. The first-order chi connectivity index (χ1) is 14.7. The van der Waals surface area contributed by atoms with E-state index in [0.717, 1.165) is 11.1 Å². The van der Waals surface area contributed by atoms with Gasteiger partial charge in [-0.1, -0.05) is 53.6 Å². The van der Waals surface area contributed by atoms with E-state index in [1.807, 2.05) is 13.8 Å². The van der Waals surface area contributed by atoms with Gasteiger partial charge in [-0.2, -0.15) is 4.31 Å². The van der Waals surface area contributed by atoms with Gasteiger partial charge in [-0.15, -0.1) is 0 Å². The Bertz CT molecular complexity index is 1300. The molecule has 1 aliphatic rings. The number of aryl methyl sites for hydroxylation is 2. The standard InChI is InChI=1S/C23H24N2O4S2/c1-18-7-11-21(12-8-18)30(26,27)24-15-16-25(23-6-4-3-5-20(23)17-24)31(28,29)22-13-9-19(2)10-14-22/h3-14H,15-17H2,1-2H3. The van der Waals surface area contributed by atoms with Crippen LogP contribution in [0.2, 0.25) is 0 Å². The minimum atomic E-state index is -3.84. The van der Waals surface area contributed by atoms with Crippen LogP contribution in [0, 0.1) is 13.8 Å². The second-order valence-electron chi connectivity index (χ2n) is 7.67. The van der Waals surface area contributed by atoms with Gasteiger partial charge < -0.3 is 0 Å². The maximum Gasteiger partial charge on any atom is 0.264 e. The highest BCUT2D eigenvalue weighted by Crippen LogP contribution is 2.32. The van der Waals surface area contributed by atoms with Gasteiger partial charge in [-0.25, -0.2) is 16.8 Å². The SMILES string of the molecule is Cc1ccc(S(=O)(=O)N2CCN(S(=O)(=O)c3ccc(C)cc3)c3ccccc3C2)cc1. The summed E-state index contributed by atoms with van der Waals surface area (Å²) >= 11 is 0. The summed E-state index contributed by atoms with van der Waals surface area (Å²) in [6, 6.07) is 20.4. The Morgan fingerprint density at radius 3 is 1.74 bits per heavy atom. The van der Waals surface area contributed by atoms with Crippen molar-refractivity contribution in [2.45, 2.75) is 30.2 Å². The summed E-state index contributed by atoms with van der Waals surface area (Å²) in [7, 11) is -7.62. The molecule has 0 N–H and O–H groups in total. The van der Waals surface area contributed by atoms with E-state index in [2.05, 4.69) is 0 Å². The molecule has 4 rings (SSSR count). The lowest BCUT2D eigenvalue weighted by Crippen LogP contribution is -2.38. The van der Waals surface area contributed by atoms with Crippen molar-refractivity contribution >= 4 is 25.7 Å². The third kappa shape index (κ3) is 4.11. The first-order valence-corrected chi connectivity index (χ1v) is 12.8. The van der Waals surface area contributed by atoms with Crippen LogP contribution in [-0.2, 0) is 26.6 Å². The van der Waals surface area contributed by atoms with Crippen molar-refractivity contribution in [3.63, 3.8) is 0 Å². The molecule has 162 valence electrons. The molecular weight excluding hydrogens is 432 g/mol. The first kappa shape index (κ1) is 21.5. The van der Waals surface area contributed by atoms with Crippen LogP contribution in [0.25, 0.3) is 0 Å². The minimum absolute atomic E-state index is 0.0261. The average Bonchev–Trinajstić information content (AvgIpc) is 2.95. The van der Waals surface area contributed by atoms with Crippen LogP contribution in [0.3, 0.4) is 0 Å². The second kappa shape index (κ2) is 8.11. The molecule has 1 aliphatic heterocycles. The molecule has 0 fully saturated rings. The molecular formula is C23H24N2O4S2. The number of para-hydroxylation sites is 1. The molecule has 0 saturated heterocycles. The second-order valence-corrected chi connectivity index (χ2v) is 11.5. The first-order valence-electron chi connectivity index (χ1n) is 9.94. The number of benzene rings is 3. The number of nitrogens with zero attached hydrogens (tertiary/aromatic N) is 2. The molecule has 3 aromatic rings. The quantitative estimate of drug-likeness (QED) is 0.600. The van der Waals surface area contributed by atoms with Crippen molar-refractivity contribution in [3.8, 4) is 0 Å². The summed E-state index contributed by atoms with van der Waals surface area (Å²) in [5.41, 5.74) is 3.08. The van der Waals surface area contributed by atoms with Gasteiger partial charge in [-0.3, -0.25) is 4.31 Å². The van der Waals surface area contributed by atoms with E-state index < -0.39 is 20.0 Å². The van der Waals surface area contributed by atoms with Gasteiger partial charge in [-0.05, 0) is 49.7 Å². The summed E-state index contributed by atoms with van der Waals surface area (Å²) < 4.78 is 56.1. The molecule has 0 saturated carbocycles. The molecule has 0 aromatic heterocycles. The fraction of sp³-hybridized carbons (Fsp3) is 0.217. The summed E-state index contributed by atoms with van der Waals surface area (Å²) in [6.45, 7) is 3.97. The van der Waals surface area contributed by atoms with E-state index in [1.165, 1.54) is 8.61 Å². The van der Waals surface area contributed by atoms with E-state index in [9.17, 15) is 16.8 Å². The van der Waals surface area contributed by atoms with Crippen molar-refractivity contribution in [2.24, 2.45) is 0 Å². The largest absolute Gasteiger partial charge is 0.265 e. The number of rotatable bonds is 4. The Morgan fingerprint density at radius 2 is 1.16 bits per heavy atom. The molecule has 0 aliphatic carbocycles. The Labute approximate surface area is 183 Å². The lowest BCUT2D eigenvalue weighted by Gasteiger charge is -2.24. The fourth-order valence-electron chi connectivity index (χ4n) is 3.63. The van der Waals surface area contributed by atoms with Gasteiger partial charge in [0.15, 0.2) is 0 Å². The topological polar surface area (TPSA) is 74.8 Å². The Balaban J connectivity index is 1.75. The van der Waals surface area contributed by atoms with E-state index >= 15 is 0 Å². The van der Waals surface area contributed by atoms with Crippen molar-refractivity contribution in [2.75, 3.05) is 17.4 Å².